The van der Waals surface area contributed by atoms with Crippen LogP contribution in [0.2, 0.25) is 0 Å². The Bertz CT molecular complexity index is 519. The Morgan fingerprint density at radius 1 is 1.07 bits per heavy atom. The van der Waals surface area contributed by atoms with Gasteiger partial charge in [0.1, 0.15) is 0 Å². The zero-order valence-electron chi connectivity index (χ0n) is 7.54. The highest BCUT2D eigenvalue weighted by Crippen LogP contribution is 2.13. The van der Waals surface area contributed by atoms with E-state index in [1.165, 1.54) is 0 Å². The van der Waals surface area contributed by atoms with E-state index in [0.29, 0.717) is 0 Å². The second-order valence-electron chi connectivity index (χ2n) is 3.17. The number of hydrogen-bond donors (Lipinski definition) is 0. The van der Waals surface area contributed by atoms with Crippen molar-refractivity contribution >= 4 is 0 Å². The normalized spacial score (nSPS) is 10.9. The molecule has 0 spiro atoms. The summed E-state index contributed by atoms with van der Waals surface area (Å²) in [5.41, 5.74) is 2.13. The van der Waals surface area contributed by atoms with Crippen molar-refractivity contribution in [3.05, 3.63) is 55.0 Å². The van der Waals surface area contributed by atoms with Gasteiger partial charge >= 0.3 is 0 Å². The first-order valence-electron chi connectivity index (χ1n) is 4.51. The van der Waals surface area contributed by atoms with E-state index in [9.17, 15) is 0 Å². The molecule has 0 aliphatic carbocycles. The number of aromatic nitrogens is 3. The van der Waals surface area contributed by atoms with Crippen LogP contribution in [-0.2, 0) is 0 Å². The van der Waals surface area contributed by atoms with Crippen molar-refractivity contribution in [2.75, 3.05) is 0 Å². The third-order valence-electron chi connectivity index (χ3n) is 2.23. The molecular weight excluding hydrogens is 174 g/mol. The molecule has 0 aliphatic rings. The summed E-state index contributed by atoms with van der Waals surface area (Å²) in [4.78, 5) is 0. The molecule has 14 heavy (non-hydrogen) atoms. The standard InChI is InChI=1S/C11H9N3/c1-2-5-10(6-3-1)11-9-13-7-4-8-14(13)12-11/h1-9H. The minimum Gasteiger partial charge on any atom is -0.232 e. The lowest BCUT2D eigenvalue weighted by Crippen LogP contribution is -2.28. The highest BCUT2D eigenvalue weighted by molar-refractivity contribution is 5.56. The topological polar surface area (TPSA) is 22.6 Å². The Hall–Kier alpha value is -2.03. The highest BCUT2D eigenvalue weighted by atomic mass is 15.5. The second kappa shape index (κ2) is 2.73. The summed E-state index contributed by atoms with van der Waals surface area (Å²) >= 11 is 0. The molecule has 0 atom stereocenters. The van der Waals surface area contributed by atoms with E-state index in [1.807, 2.05) is 52.0 Å². The van der Waals surface area contributed by atoms with Gasteiger partial charge in [-0.1, -0.05) is 30.3 Å². The summed E-state index contributed by atoms with van der Waals surface area (Å²) in [5.74, 6) is 0. The van der Waals surface area contributed by atoms with Crippen LogP contribution in [0.5, 0.6) is 0 Å². The Labute approximate surface area is 81.2 Å². The van der Waals surface area contributed by atoms with Gasteiger partial charge in [-0.15, -0.1) is 4.63 Å². The molecule has 0 N–H and O–H groups in total. The smallest absolute Gasteiger partial charge is 0.190 e. The zero-order valence-corrected chi connectivity index (χ0v) is 7.54. The average molecular weight is 183 g/mol. The van der Waals surface area contributed by atoms with E-state index in [4.69, 9.17) is 0 Å². The predicted octanol–water partition coefficient (Wildman–Crippen LogP) is 1.15. The van der Waals surface area contributed by atoms with Gasteiger partial charge in [0, 0.05) is 11.8 Å². The summed E-state index contributed by atoms with van der Waals surface area (Å²) in [6.07, 6.45) is 5.90. The Kier molecular flexibility index (Phi) is 1.44. The largest absolute Gasteiger partial charge is 0.232 e. The number of hydrogen-bond acceptors (Lipinski definition) is 0. The molecule has 0 unspecified atom stereocenters. The molecule has 0 saturated carbocycles. The number of fused-ring (bicyclic) bond motifs is 1. The van der Waals surface area contributed by atoms with Crippen LogP contribution in [0.4, 0.5) is 0 Å². The minimum atomic E-state index is 0.992. The first kappa shape index (κ1) is 7.38. The quantitative estimate of drug-likeness (QED) is 0.519. The van der Waals surface area contributed by atoms with Crippen molar-refractivity contribution in [3.63, 3.8) is 0 Å². The van der Waals surface area contributed by atoms with Crippen molar-refractivity contribution in [2.45, 2.75) is 0 Å². The van der Waals surface area contributed by atoms with Gasteiger partial charge in [-0.25, -0.2) is 4.52 Å². The fourth-order valence-corrected chi connectivity index (χ4v) is 1.54. The first-order valence-corrected chi connectivity index (χ1v) is 4.51. The van der Waals surface area contributed by atoms with Gasteiger partial charge in [-0.3, -0.25) is 0 Å². The third-order valence-corrected chi connectivity index (χ3v) is 2.23. The van der Waals surface area contributed by atoms with E-state index in [1.54, 1.807) is 0 Å². The summed E-state index contributed by atoms with van der Waals surface area (Å²) in [5, 5.41) is 4.42. The van der Waals surface area contributed by atoms with Crippen LogP contribution in [0.3, 0.4) is 0 Å². The minimum absolute atomic E-state index is 0.992. The lowest BCUT2D eigenvalue weighted by Gasteiger charge is -1.94. The fourth-order valence-electron chi connectivity index (χ4n) is 1.54. The van der Waals surface area contributed by atoms with Crippen molar-refractivity contribution in [1.29, 1.82) is 0 Å². The van der Waals surface area contributed by atoms with Gasteiger partial charge in [0.15, 0.2) is 6.20 Å². The van der Waals surface area contributed by atoms with E-state index < -0.39 is 0 Å². The summed E-state index contributed by atoms with van der Waals surface area (Å²) in [6.45, 7) is 0. The first-order chi connectivity index (χ1) is 6.93. The molecule has 0 amide bonds. The molecule has 0 aliphatic heterocycles. The van der Waals surface area contributed by atoms with Crippen LogP contribution >= 0.6 is 0 Å². The van der Waals surface area contributed by atoms with Crippen molar-refractivity contribution in [1.82, 2.24) is 9.61 Å². The molecule has 3 rings (SSSR count). The lowest BCUT2D eigenvalue weighted by molar-refractivity contribution is -0.676. The van der Waals surface area contributed by atoms with Crippen molar-refractivity contribution in [3.8, 4) is 11.3 Å². The molecule has 3 aromatic rings. The van der Waals surface area contributed by atoms with E-state index >= 15 is 0 Å². The van der Waals surface area contributed by atoms with Gasteiger partial charge < -0.3 is 0 Å². The van der Waals surface area contributed by atoms with Crippen LogP contribution < -0.4 is 9.73 Å². The summed E-state index contributed by atoms with van der Waals surface area (Å²) < 4.78 is 3.75. The number of benzene rings is 1. The molecule has 0 bridgehead atoms. The number of nitrogens with zero attached hydrogens (tertiary/aromatic N) is 3. The van der Waals surface area contributed by atoms with Crippen LogP contribution in [0.1, 0.15) is 0 Å². The maximum Gasteiger partial charge on any atom is 0.190 e. The lowest BCUT2D eigenvalue weighted by atomic mass is 10.2. The van der Waals surface area contributed by atoms with Crippen LogP contribution in [0.25, 0.3) is 11.3 Å². The molecule has 3 heteroatoms. The average Bonchev–Trinajstić information content (AvgIpc) is 2.78. The van der Waals surface area contributed by atoms with Gasteiger partial charge in [-0.05, 0) is 18.0 Å². The molecule has 2 heterocycles. The van der Waals surface area contributed by atoms with Crippen LogP contribution in [-0.4, -0.2) is 4.52 Å². The molecule has 3 nitrogen and oxygen atoms in total. The van der Waals surface area contributed by atoms with E-state index in [0.717, 1.165) is 11.3 Å². The van der Waals surface area contributed by atoms with Gasteiger partial charge in [0.05, 0.1) is 0 Å². The van der Waals surface area contributed by atoms with Gasteiger partial charge in [-0.2, -0.15) is 5.10 Å². The molecule has 0 fully saturated rings. The van der Waals surface area contributed by atoms with Gasteiger partial charge in [0.2, 0.25) is 0 Å². The second-order valence-corrected chi connectivity index (χ2v) is 3.17. The summed E-state index contributed by atoms with van der Waals surface area (Å²) in [6, 6.07) is 12.1. The summed E-state index contributed by atoms with van der Waals surface area (Å²) in [7, 11) is 0. The van der Waals surface area contributed by atoms with E-state index in [2.05, 4.69) is 17.2 Å². The number of rotatable bonds is 1. The van der Waals surface area contributed by atoms with Crippen molar-refractivity contribution in [2.24, 2.45) is 0 Å². The third kappa shape index (κ3) is 1.03. The Balaban J connectivity index is 2.19. The van der Waals surface area contributed by atoms with Gasteiger partial charge in [0.25, 0.3) is 0 Å². The highest BCUT2D eigenvalue weighted by Gasteiger charge is 1.99. The SMILES string of the molecule is c1ccc(-c2cn3ccc[n+]3[n-]2)cc1. The van der Waals surface area contributed by atoms with E-state index in [-0.39, 0.29) is 0 Å². The fraction of sp³-hybridized carbons (Fsp3) is 0. The Morgan fingerprint density at radius 2 is 1.93 bits per heavy atom. The molecular formula is C11H9N3. The molecule has 2 aromatic heterocycles. The zero-order chi connectivity index (χ0) is 9.38. The maximum absolute atomic E-state index is 4.42. The molecule has 0 radical (unpaired) electrons. The molecule has 68 valence electrons. The molecule has 1 aromatic carbocycles. The maximum atomic E-state index is 4.42. The monoisotopic (exact) mass is 183 g/mol. The van der Waals surface area contributed by atoms with Crippen LogP contribution in [0, 0.1) is 0 Å². The Morgan fingerprint density at radius 3 is 2.71 bits per heavy atom. The predicted molar refractivity (Wildman–Crippen MR) is 51.8 cm³/mol. The van der Waals surface area contributed by atoms with Crippen molar-refractivity contribution < 1.29 is 4.63 Å². The molecule has 0 saturated heterocycles. The van der Waals surface area contributed by atoms with Crippen LogP contribution in [0.15, 0.2) is 55.0 Å².